The van der Waals surface area contributed by atoms with Gasteiger partial charge < -0.3 is 14.8 Å². The average Bonchev–Trinajstić information content (AvgIpc) is 3.00. The zero-order chi connectivity index (χ0) is 16.6. The molecule has 1 aromatic carbocycles. The van der Waals surface area contributed by atoms with Crippen molar-refractivity contribution < 1.29 is 14.3 Å². The zero-order valence-electron chi connectivity index (χ0n) is 13.5. The molecule has 1 aromatic heterocycles. The van der Waals surface area contributed by atoms with Crippen molar-refractivity contribution in [3.63, 3.8) is 0 Å². The molecular weight excluding hydrogens is 296 g/mol. The maximum atomic E-state index is 12.2. The molecule has 0 radical (unpaired) electrons. The van der Waals surface area contributed by atoms with Crippen LogP contribution in [0.3, 0.4) is 0 Å². The fourth-order valence-electron chi connectivity index (χ4n) is 2.96. The summed E-state index contributed by atoms with van der Waals surface area (Å²) >= 11 is 0. The lowest BCUT2D eigenvalue weighted by Gasteiger charge is -2.29. The average molecular weight is 314 g/mol. The Morgan fingerprint density at radius 2 is 2.09 bits per heavy atom. The number of anilines is 1. The summed E-state index contributed by atoms with van der Waals surface area (Å²) in [7, 11) is 3.16. The Balaban J connectivity index is 2.27. The van der Waals surface area contributed by atoms with Crippen molar-refractivity contribution in [3.8, 4) is 11.5 Å². The van der Waals surface area contributed by atoms with Gasteiger partial charge in [-0.2, -0.15) is 10.1 Å². The van der Waals surface area contributed by atoms with Gasteiger partial charge in [0, 0.05) is 16.8 Å². The van der Waals surface area contributed by atoms with Crippen LogP contribution in [0.15, 0.2) is 35.8 Å². The van der Waals surface area contributed by atoms with Crippen LogP contribution in [0.5, 0.6) is 11.5 Å². The number of fused-ring (bicyclic) bond motifs is 1. The molecule has 1 N–H and O–H groups in total. The number of ketones is 1. The number of hydrogen-bond donors (Lipinski definition) is 1. The molecule has 1 aliphatic rings. The molecule has 2 heterocycles. The first-order valence-electron chi connectivity index (χ1n) is 7.17. The summed E-state index contributed by atoms with van der Waals surface area (Å²) in [5.41, 5.74) is 2.17. The normalized spacial score (nSPS) is 16.6. The number of hydrogen-bond acceptors (Lipinski definition) is 6. The van der Waals surface area contributed by atoms with Crippen molar-refractivity contribution in [2.24, 2.45) is 0 Å². The van der Waals surface area contributed by atoms with Crippen molar-refractivity contribution in [1.29, 1.82) is 0 Å². The highest BCUT2D eigenvalue weighted by molar-refractivity contribution is 5.96. The number of nitrogens with one attached hydrogen (secondary N) is 1. The predicted molar refractivity (Wildman–Crippen MR) is 84.7 cm³/mol. The Hall–Kier alpha value is -2.83. The molecule has 1 atom stereocenters. The first-order chi connectivity index (χ1) is 11.1. The second-order valence-corrected chi connectivity index (χ2v) is 5.23. The molecule has 1 unspecified atom stereocenters. The Kier molecular flexibility index (Phi) is 3.77. The van der Waals surface area contributed by atoms with Crippen molar-refractivity contribution in [1.82, 2.24) is 14.8 Å². The number of carbonyl (C=O) groups is 1. The molecule has 23 heavy (non-hydrogen) atoms. The lowest BCUT2D eigenvalue weighted by atomic mass is 9.92. The number of methoxy groups -OCH3 is 2. The van der Waals surface area contributed by atoms with Crippen LogP contribution in [0, 0.1) is 0 Å². The van der Waals surface area contributed by atoms with Crippen molar-refractivity contribution in [3.05, 3.63) is 41.4 Å². The van der Waals surface area contributed by atoms with Crippen LogP contribution in [0.4, 0.5) is 5.95 Å². The van der Waals surface area contributed by atoms with Gasteiger partial charge in [0.2, 0.25) is 5.95 Å². The minimum atomic E-state index is -0.420. The Bertz CT molecular complexity index is 794. The van der Waals surface area contributed by atoms with E-state index in [0.717, 1.165) is 11.3 Å². The van der Waals surface area contributed by atoms with Crippen LogP contribution in [0.25, 0.3) is 0 Å². The van der Waals surface area contributed by atoms with Gasteiger partial charge in [0.15, 0.2) is 17.3 Å². The smallest absolute Gasteiger partial charge is 0.226 e. The number of ether oxygens (including phenoxy) is 2. The van der Waals surface area contributed by atoms with E-state index in [1.54, 1.807) is 25.8 Å². The van der Waals surface area contributed by atoms with Crippen LogP contribution in [0.2, 0.25) is 0 Å². The largest absolute Gasteiger partial charge is 0.493 e. The highest BCUT2D eigenvalue weighted by Gasteiger charge is 2.34. The highest BCUT2D eigenvalue weighted by atomic mass is 16.5. The molecule has 7 heteroatoms. The molecule has 0 saturated heterocycles. The van der Waals surface area contributed by atoms with E-state index in [1.807, 2.05) is 25.1 Å². The quantitative estimate of drug-likeness (QED) is 0.932. The predicted octanol–water partition coefficient (Wildman–Crippen LogP) is 2.17. The van der Waals surface area contributed by atoms with Gasteiger partial charge in [-0.15, -0.1) is 0 Å². The summed E-state index contributed by atoms with van der Waals surface area (Å²) < 4.78 is 12.6. The van der Waals surface area contributed by atoms with Crippen molar-refractivity contribution in [2.45, 2.75) is 19.9 Å². The van der Waals surface area contributed by atoms with Gasteiger partial charge in [0.1, 0.15) is 12.4 Å². The molecule has 0 amide bonds. The molecule has 0 aliphatic carbocycles. The summed E-state index contributed by atoms with van der Waals surface area (Å²) in [6.45, 7) is 3.40. The molecule has 0 fully saturated rings. The molecule has 1 aliphatic heterocycles. The van der Waals surface area contributed by atoms with Crippen LogP contribution < -0.4 is 14.8 Å². The number of nitrogens with zero attached hydrogens (tertiary/aromatic N) is 3. The second-order valence-electron chi connectivity index (χ2n) is 5.23. The van der Waals surface area contributed by atoms with Crippen molar-refractivity contribution in [2.75, 3.05) is 19.5 Å². The Labute approximate surface area is 133 Å². The SMILES string of the molecule is COc1cccc(C2C(C(C)=O)=C(C)Nc3ncnn32)c1OC. The third-order valence-corrected chi connectivity index (χ3v) is 3.90. The third-order valence-electron chi connectivity index (χ3n) is 3.90. The molecule has 0 saturated carbocycles. The number of aromatic nitrogens is 3. The van der Waals surface area contributed by atoms with E-state index in [0.29, 0.717) is 23.0 Å². The van der Waals surface area contributed by atoms with E-state index in [-0.39, 0.29) is 5.78 Å². The number of allylic oxidation sites excluding steroid dienone is 2. The van der Waals surface area contributed by atoms with Gasteiger partial charge in [-0.25, -0.2) is 4.68 Å². The Morgan fingerprint density at radius 1 is 1.30 bits per heavy atom. The molecule has 3 rings (SSSR count). The first-order valence-corrected chi connectivity index (χ1v) is 7.17. The summed E-state index contributed by atoms with van der Waals surface area (Å²) in [5.74, 6) is 1.73. The molecule has 2 aromatic rings. The molecule has 7 nitrogen and oxygen atoms in total. The van der Waals surface area contributed by atoms with E-state index in [9.17, 15) is 4.79 Å². The van der Waals surface area contributed by atoms with Gasteiger partial charge in [-0.3, -0.25) is 4.79 Å². The number of benzene rings is 1. The number of carbonyl (C=O) groups excluding carboxylic acids is 1. The topological polar surface area (TPSA) is 78.3 Å². The van der Waals surface area contributed by atoms with Gasteiger partial charge in [0.25, 0.3) is 0 Å². The summed E-state index contributed by atoms with van der Waals surface area (Å²) in [6.07, 6.45) is 1.46. The van der Waals surface area contributed by atoms with Crippen LogP contribution >= 0.6 is 0 Å². The number of rotatable bonds is 4. The maximum absolute atomic E-state index is 12.2. The minimum absolute atomic E-state index is 0.0361. The lowest BCUT2D eigenvalue weighted by molar-refractivity contribution is -0.114. The maximum Gasteiger partial charge on any atom is 0.226 e. The Morgan fingerprint density at radius 3 is 2.74 bits per heavy atom. The van der Waals surface area contributed by atoms with Gasteiger partial charge in [0.05, 0.1) is 14.2 Å². The zero-order valence-corrected chi connectivity index (χ0v) is 13.5. The van der Waals surface area contributed by atoms with Crippen LogP contribution in [0.1, 0.15) is 25.5 Å². The fraction of sp³-hybridized carbons (Fsp3) is 0.312. The van der Waals surface area contributed by atoms with E-state index in [1.165, 1.54) is 6.33 Å². The van der Waals surface area contributed by atoms with Gasteiger partial charge >= 0.3 is 0 Å². The molecule has 0 spiro atoms. The molecular formula is C16H18N4O3. The van der Waals surface area contributed by atoms with Crippen LogP contribution in [-0.4, -0.2) is 34.8 Å². The van der Waals surface area contributed by atoms with Crippen LogP contribution in [-0.2, 0) is 4.79 Å². The minimum Gasteiger partial charge on any atom is -0.493 e. The summed E-state index contributed by atoms with van der Waals surface area (Å²) in [6, 6.07) is 5.16. The van der Waals surface area contributed by atoms with E-state index in [2.05, 4.69) is 15.4 Å². The van der Waals surface area contributed by atoms with Crippen molar-refractivity contribution >= 4 is 11.7 Å². The monoisotopic (exact) mass is 314 g/mol. The first kappa shape index (κ1) is 15.1. The van der Waals surface area contributed by atoms with E-state index in [4.69, 9.17) is 9.47 Å². The standard InChI is InChI=1S/C16H18N4O3/c1-9-13(10(2)21)14(20-16(19-9)17-8-18-20)11-6-5-7-12(22-3)15(11)23-4/h5-8,14H,1-4H3,(H,17,18,19). The number of Topliss-reactive ketones (excluding diaryl/α,β-unsaturated/α-hetero) is 1. The molecule has 120 valence electrons. The summed E-state index contributed by atoms with van der Waals surface area (Å²) in [5, 5.41) is 7.39. The van der Waals surface area contributed by atoms with E-state index >= 15 is 0 Å². The fourth-order valence-corrected chi connectivity index (χ4v) is 2.96. The number of para-hydroxylation sites is 1. The third kappa shape index (κ3) is 2.34. The summed E-state index contributed by atoms with van der Waals surface area (Å²) in [4.78, 5) is 16.4. The second kappa shape index (κ2) is 5.75. The van der Waals surface area contributed by atoms with Gasteiger partial charge in [-0.1, -0.05) is 12.1 Å². The van der Waals surface area contributed by atoms with E-state index < -0.39 is 6.04 Å². The molecule has 0 bridgehead atoms. The highest BCUT2D eigenvalue weighted by Crippen LogP contribution is 2.42. The lowest BCUT2D eigenvalue weighted by Crippen LogP contribution is -2.28. The van der Waals surface area contributed by atoms with Gasteiger partial charge in [-0.05, 0) is 19.9 Å².